The Morgan fingerprint density at radius 2 is 1.68 bits per heavy atom. The molecule has 0 fully saturated rings. The van der Waals surface area contributed by atoms with Crippen molar-refractivity contribution in [3.63, 3.8) is 0 Å². The number of hydrogen-bond donors (Lipinski definition) is 3. The molecule has 3 rings (SSSR count). The van der Waals surface area contributed by atoms with E-state index in [1.54, 1.807) is 12.1 Å². The van der Waals surface area contributed by atoms with Crippen molar-refractivity contribution < 1.29 is 24.5 Å². The molecule has 3 N–H and O–H groups in total. The number of ketones is 1. The number of halogens is 2. The van der Waals surface area contributed by atoms with Gasteiger partial charge in [-0.2, -0.15) is 0 Å². The van der Waals surface area contributed by atoms with E-state index in [4.69, 9.17) is 4.42 Å². The van der Waals surface area contributed by atoms with Crippen LogP contribution in [0.15, 0.2) is 37.6 Å². The van der Waals surface area contributed by atoms with E-state index >= 15 is 0 Å². The van der Waals surface area contributed by atoms with Crippen molar-refractivity contribution >= 4 is 48.6 Å². The lowest BCUT2D eigenvalue weighted by atomic mass is 9.98. The van der Waals surface area contributed by atoms with E-state index in [1.165, 1.54) is 12.1 Å². The number of aliphatic hydroxyl groups is 1. The molecule has 0 bridgehead atoms. The van der Waals surface area contributed by atoms with Crippen molar-refractivity contribution in [3.8, 4) is 11.5 Å². The number of aromatic hydroxyl groups is 2. The van der Waals surface area contributed by atoms with Gasteiger partial charge in [0.2, 0.25) is 0 Å². The Labute approximate surface area is 160 Å². The monoisotopic (exact) mass is 468 g/mol. The van der Waals surface area contributed by atoms with Crippen LogP contribution in [0.2, 0.25) is 0 Å². The van der Waals surface area contributed by atoms with Gasteiger partial charge in [0.05, 0.1) is 12.2 Å². The summed E-state index contributed by atoms with van der Waals surface area (Å²) in [6, 6.07) is 5.97. The standard InChI is InChI=1S/C18H14Br2O5/c1-8-11(19)4-9(5-12(8)20)18(24)17-10-6-13(22)14(23)7-16(10)25-15(17)2-3-21/h4-7,21-23H,2-3H2,1H3. The Bertz CT molecular complexity index is 968. The van der Waals surface area contributed by atoms with Crippen LogP contribution in [0.25, 0.3) is 11.0 Å². The minimum atomic E-state index is -0.343. The molecule has 7 heteroatoms. The summed E-state index contributed by atoms with van der Waals surface area (Å²) in [7, 11) is 0. The molecule has 0 amide bonds. The molecule has 0 aliphatic rings. The Balaban J connectivity index is 2.24. The van der Waals surface area contributed by atoms with Crippen molar-refractivity contribution in [1.82, 2.24) is 0 Å². The van der Waals surface area contributed by atoms with Gasteiger partial charge in [0.25, 0.3) is 0 Å². The minimum Gasteiger partial charge on any atom is -0.504 e. The average Bonchev–Trinajstić information content (AvgIpc) is 2.89. The molecule has 0 aliphatic heterocycles. The normalized spacial score (nSPS) is 11.2. The number of benzene rings is 2. The van der Waals surface area contributed by atoms with Crippen molar-refractivity contribution in [3.05, 3.63) is 55.7 Å². The number of carbonyl (C=O) groups is 1. The summed E-state index contributed by atoms with van der Waals surface area (Å²) in [6.07, 6.45) is 0.144. The van der Waals surface area contributed by atoms with E-state index in [0.717, 1.165) is 14.5 Å². The van der Waals surface area contributed by atoms with E-state index < -0.39 is 0 Å². The van der Waals surface area contributed by atoms with Gasteiger partial charge in [-0.1, -0.05) is 31.9 Å². The van der Waals surface area contributed by atoms with Crippen LogP contribution >= 0.6 is 31.9 Å². The average molecular weight is 470 g/mol. The van der Waals surface area contributed by atoms with Gasteiger partial charge in [0.1, 0.15) is 11.3 Å². The summed E-state index contributed by atoms with van der Waals surface area (Å²) in [4.78, 5) is 13.1. The van der Waals surface area contributed by atoms with Crippen molar-refractivity contribution in [2.45, 2.75) is 13.3 Å². The number of fused-ring (bicyclic) bond motifs is 1. The fourth-order valence-corrected chi connectivity index (χ4v) is 3.81. The van der Waals surface area contributed by atoms with Crippen molar-refractivity contribution in [2.24, 2.45) is 0 Å². The molecule has 25 heavy (non-hydrogen) atoms. The van der Waals surface area contributed by atoms with Gasteiger partial charge in [0, 0.05) is 32.4 Å². The molecule has 0 unspecified atom stereocenters. The predicted molar refractivity (Wildman–Crippen MR) is 100 cm³/mol. The summed E-state index contributed by atoms with van der Waals surface area (Å²) in [5.41, 5.74) is 1.93. The highest BCUT2D eigenvalue weighted by atomic mass is 79.9. The highest BCUT2D eigenvalue weighted by molar-refractivity contribution is 9.11. The Morgan fingerprint density at radius 1 is 1.08 bits per heavy atom. The molecular formula is C18H14Br2O5. The predicted octanol–water partition coefficient (Wildman–Crippen LogP) is 4.44. The molecule has 130 valence electrons. The first kappa shape index (κ1) is 18.0. The van der Waals surface area contributed by atoms with E-state index in [2.05, 4.69) is 31.9 Å². The van der Waals surface area contributed by atoms with Gasteiger partial charge < -0.3 is 19.7 Å². The Hall–Kier alpha value is -1.83. The number of hydrogen-bond acceptors (Lipinski definition) is 5. The van der Waals surface area contributed by atoms with Gasteiger partial charge in [-0.3, -0.25) is 4.79 Å². The maximum Gasteiger partial charge on any atom is 0.197 e. The third kappa shape index (κ3) is 3.19. The zero-order valence-electron chi connectivity index (χ0n) is 13.1. The topological polar surface area (TPSA) is 90.9 Å². The highest BCUT2D eigenvalue weighted by Gasteiger charge is 2.24. The number of rotatable bonds is 4. The van der Waals surface area contributed by atoms with Crippen LogP contribution < -0.4 is 0 Å². The molecule has 0 aliphatic carbocycles. The van der Waals surface area contributed by atoms with Crippen LogP contribution in [0.5, 0.6) is 11.5 Å². The van der Waals surface area contributed by atoms with E-state index in [-0.39, 0.29) is 41.5 Å². The molecular weight excluding hydrogens is 456 g/mol. The smallest absolute Gasteiger partial charge is 0.197 e. The van der Waals surface area contributed by atoms with Crippen LogP contribution in [0.1, 0.15) is 27.2 Å². The molecule has 0 saturated heterocycles. The third-order valence-corrected chi connectivity index (χ3v) is 5.61. The number of furan rings is 1. The molecule has 0 radical (unpaired) electrons. The SMILES string of the molecule is Cc1c(Br)cc(C(=O)c2c(CCO)oc3cc(O)c(O)cc23)cc1Br. The second-order valence-electron chi connectivity index (χ2n) is 5.60. The second-order valence-corrected chi connectivity index (χ2v) is 7.31. The number of aliphatic hydroxyl groups excluding tert-OH is 1. The summed E-state index contributed by atoms with van der Waals surface area (Å²) < 4.78 is 7.19. The fraction of sp³-hybridized carbons (Fsp3) is 0.167. The third-order valence-electron chi connectivity index (χ3n) is 3.97. The first-order valence-corrected chi connectivity index (χ1v) is 9.00. The van der Waals surface area contributed by atoms with Gasteiger partial charge in [0.15, 0.2) is 17.3 Å². The van der Waals surface area contributed by atoms with Crippen LogP contribution in [0.3, 0.4) is 0 Å². The maximum absolute atomic E-state index is 13.1. The zero-order chi connectivity index (χ0) is 18.3. The molecule has 0 atom stereocenters. The van der Waals surface area contributed by atoms with Crippen LogP contribution in [-0.2, 0) is 6.42 Å². The van der Waals surface area contributed by atoms with Gasteiger partial charge in [-0.15, -0.1) is 0 Å². The summed E-state index contributed by atoms with van der Waals surface area (Å²) >= 11 is 6.86. The van der Waals surface area contributed by atoms with Crippen LogP contribution in [-0.4, -0.2) is 27.7 Å². The van der Waals surface area contributed by atoms with Crippen molar-refractivity contribution in [1.29, 1.82) is 0 Å². The second kappa shape index (κ2) is 6.82. The zero-order valence-corrected chi connectivity index (χ0v) is 16.3. The lowest BCUT2D eigenvalue weighted by molar-refractivity contribution is 0.103. The van der Waals surface area contributed by atoms with E-state index in [0.29, 0.717) is 16.7 Å². The molecule has 1 heterocycles. The summed E-state index contributed by atoms with van der Waals surface area (Å²) in [5.74, 6) is -0.671. The molecule has 1 aromatic heterocycles. The first-order chi connectivity index (χ1) is 11.8. The molecule has 5 nitrogen and oxygen atoms in total. The summed E-state index contributed by atoms with van der Waals surface area (Å²) in [6.45, 7) is 1.72. The number of phenols is 2. The molecule has 0 saturated carbocycles. The lowest BCUT2D eigenvalue weighted by Crippen LogP contribution is -2.05. The Kier molecular flexibility index (Phi) is 4.90. The quantitative estimate of drug-likeness (QED) is 0.388. The highest BCUT2D eigenvalue weighted by Crippen LogP contribution is 2.37. The van der Waals surface area contributed by atoms with Gasteiger partial charge >= 0.3 is 0 Å². The largest absolute Gasteiger partial charge is 0.504 e. The number of carbonyl (C=O) groups excluding carboxylic acids is 1. The van der Waals surface area contributed by atoms with Gasteiger partial charge in [-0.05, 0) is 30.7 Å². The molecule has 0 spiro atoms. The number of phenolic OH excluding ortho intramolecular Hbond substituents is 2. The fourth-order valence-electron chi connectivity index (χ4n) is 2.62. The first-order valence-electron chi connectivity index (χ1n) is 7.42. The van der Waals surface area contributed by atoms with E-state index in [1.807, 2.05) is 6.92 Å². The minimum absolute atomic E-state index is 0.144. The van der Waals surface area contributed by atoms with Crippen LogP contribution in [0, 0.1) is 6.92 Å². The van der Waals surface area contributed by atoms with Crippen LogP contribution in [0.4, 0.5) is 0 Å². The molecule has 3 aromatic rings. The molecule has 2 aromatic carbocycles. The van der Waals surface area contributed by atoms with E-state index in [9.17, 15) is 20.1 Å². The lowest BCUT2D eigenvalue weighted by Gasteiger charge is -2.07. The van der Waals surface area contributed by atoms with Gasteiger partial charge in [-0.25, -0.2) is 0 Å². The van der Waals surface area contributed by atoms with Crippen molar-refractivity contribution in [2.75, 3.05) is 6.61 Å². The summed E-state index contributed by atoms with van der Waals surface area (Å²) in [5, 5.41) is 29.1. The Morgan fingerprint density at radius 3 is 2.28 bits per heavy atom. The maximum atomic E-state index is 13.1.